The summed E-state index contributed by atoms with van der Waals surface area (Å²) in [6, 6.07) is 0. The first kappa shape index (κ1) is 18.9. The van der Waals surface area contributed by atoms with E-state index in [4.69, 9.17) is 0 Å². The summed E-state index contributed by atoms with van der Waals surface area (Å²) in [6.07, 6.45) is 13.9. The molecule has 125 valence electrons. The summed E-state index contributed by atoms with van der Waals surface area (Å²) >= 11 is 0. The van der Waals surface area contributed by atoms with Crippen molar-refractivity contribution < 1.29 is 26.7 Å². The van der Waals surface area contributed by atoms with Crippen molar-refractivity contribution in [1.82, 2.24) is 10.6 Å². The fraction of sp³-hybridized carbons (Fsp3) is 0.222. The fourth-order valence-corrected chi connectivity index (χ4v) is 2.24. The maximum Gasteiger partial charge on any atom is 0.187 e. The quantitative estimate of drug-likeness (QED) is 0.446. The average molecular weight is 363 g/mol. The molecule has 0 fully saturated rings. The van der Waals surface area contributed by atoms with Gasteiger partial charge in [0.1, 0.15) is 0 Å². The van der Waals surface area contributed by atoms with Gasteiger partial charge >= 0.3 is 0 Å². The third-order valence-electron chi connectivity index (χ3n) is 3.49. The van der Waals surface area contributed by atoms with E-state index in [9.17, 15) is 9.59 Å². The minimum atomic E-state index is 0. The summed E-state index contributed by atoms with van der Waals surface area (Å²) in [7, 11) is 0. The van der Waals surface area contributed by atoms with Crippen molar-refractivity contribution in [1.29, 1.82) is 0 Å². The molecule has 2 aliphatic rings. The van der Waals surface area contributed by atoms with Crippen LogP contribution in [0.3, 0.4) is 0 Å². The topological polar surface area (TPSA) is 58.2 Å². The van der Waals surface area contributed by atoms with E-state index in [1.165, 1.54) is 0 Å². The number of hydrogen-bond donors (Lipinski definition) is 2. The van der Waals surface area contributed by atoms with Gasteiger partial charge in [0.15, 0.2) is 11.6 Å². The van der Waals surface area contributed by atoms with Gasteiger partial charge in [0.05, 0.1) is 0 Å². The zero-order valence-electron chi connectivity index (χ0n) is 13.2. The number of allylic oxidation sites excluding steroid dienone is 12. The largest absolute Gasteiger partial charge is 0.386 e. The Kier molecular flexibility index (Phi) is 7.52. The van der Waals surface area contributed by atoms with Crippen LogP contribution in [-0.4, -0.2) is 24.7 Å². The van der Waals surface area contributed by atoms with Gasteiger partial charge in [-0.15, -0.1) is 0 Å². The zero-order valence-corrected chi connectivity index (χ0v) is 14.1. The van der Waals surface area contributed by atoms with Crippen LogP contribution < -0.4 is 10.6 Å². The summed E-state index contributed by atoms with van der Waals surface area (Å²) in [4.78, 5) is 23.4. The van der Waals surface area contributed by atoms with Gasteiger partial charge in [0.2, 0.25) is 0 Å². The molecule has 0 spiro atoms. The molecule has 0 aromatic carbocycles. The molecule has 0 aromatic rings. The van der Waals surface area contributed by atoms with Crippen LogP contribution in [0.4, 0.5) is 0 Å². The average Bonchev–Trinajstić information content (AvgIpc) is 2.52. The van der Waals surface area contributed by atoms with Crippen LogP contribution in [0, 0.1) is 0 Å². The molecule has 0 unspecified atom stereocenters. The molecule has 2 aliphatic carbocycles. The van der Waals surface area contributed by atoms with Crippen LogP contribution in [0.25, 0.3) is 0 Å². The van der Waals surface area contributed by atoms with Crippen molar-refractivity contribution in [2.75, 3.05) is 13.1 Å². The normalized spacial score (nSPS) is 20.3. The molecule has 0 saturated heterocycles. The van der Waals surface area contributed by atoms with E-state index in [1.807, 2.05) is 38.2 Å². The monoisotopic (exact) mass is 363 g/mol. The zero-order chi connectivity index (χ0) is 15.9. The molecule has 0 aromatic heterocycles. The van der Waals surface area contributed by atoms with Crippen molar-refractivity contribution in [3.05, 3.63) is 71.1 Å². The molecule has 0 heterocycles. The van der Waals surface area contributed by atoms with Crippen molar-refractivity contribution in [3.63, 3.8) is 0 Å². The summed E-state index contributed by atoms with van der Waals surface area (Å²) in [5.74, 6) is 0.0342. The second-order valence-electron chi connectivity index (χ2n) is 5.10. The molecule has 4 nitrogen and oxygen atoms in total. The second-order valence-corrected chi connectivity index (χ2v) is 5.10. The molecule has 2 N–H and O–H groups in total. The van der Waals surface area contributed by atoms with E-state index < -0.39 is 0 Å². The van der Waals surface area contributed by atoms with Crippen molar-refractivity contribution in [2.45, 2.75) is 13.8 Å². The maximum atomic E-state index is 11.7. The van der Waals surface area contributed by atoms with Crippen LogP contribution in [-0.2, 0) is 26.7 Å². The van der Waals surface area contributed by atoms with Gasteiger partial charge in [-0.25, -0.2) is 0 Å². The minimum Gasteiger partial charge on any atom is -0.386 e. The molecule has 0 atom stereocenters. The van der Waals surface area contributed by atoms with Gasteiger partial charge in [0.25, 0.3) is 0 Å². The van der Waals surface area contributed by atoms with Gasteiger partial charge in [-0.2, -0.15) is 0 Å². The predicted molar refractivity (Wildman–Crippen MR) is 88.0 cm³/mol. The Bertz CT molecular complexity index is 607. The Morgan fingerprint density at radius 2 is 1.09 bits per heavy atom. The van der Waals surface area contributed by atoms with Crippen LogP contribution in [0.1, 0.15) is 13.8 Å². The molecule has 0 aliphatic heterocycles. The number of hydrogen-bond acceptors (Lipinski definition) is 4. The molecule has 0 bridgehead atoms. The Labute approximate surface area is 147 Å². The minimum absolute atomic E-state index is 0. The SMILES string of the molecule is C/C(NCCN/C(C)=C1/C=CC=CC1=O)=C1\C=CC=CC1=O.[67Cu]. The first-order valence-electron chi connectivity index (χ1n) is 7.27. The fourth-order valence-electron chi connectivity index (χ4n) is 2.24. The van der Waals surface area contributed by atoms with Crippen LogP contribution in [0.2, 0.25) is 0 Å². The van der Waals surface area contributed by atoms with Crippen LogP contribution in [0.15, 0.2) is 71.1 Å². The Balaban J connectivity index is 0.00000264. The molecular weight excluding hydrogens is 343 g/mol. The summed E-state index contributed by atoms with van der Waals surface area (Å²) < 4.78 is 0. The standard InChI is InChI=1S/C18H20N2O2.Cu/c1-13(15-7-3-5-9-17(15)21)19-11-12-20-14(2)16-8-4-6-10-18(16)22;/h3-10,19-20H,11-12H2,1-2H3;/b15-13-,16-14-;/i;1+3. The van der Waals surface area contributed by atoms with Gasteiger partial charge in [-0.05, 0) is 38.2 Å². The maximum absolute atomic E-state index is 11.7. The van der Waals surface area contributed by atoms with E-state index in [2.05, 4.69) is 10.6 Å². The van der Waals surface area contributed by atoms with Gasteiger partial charge in [-0.3, -0.25) is 9.59 Å². The van der Waals surface area contributed by atoms with Gasteiger partial charge < -0.3 is 10.6 Å². The van der Waals surface area contributed by atoms with E-state index in [0.29, 0.717) is 24.2 Å². The first-order chi connectivity index (χ1) is 10.6. The van der Waals surface area contributed by atoms with E-state index in [1.54, 1.807) is 24.3 Å². The summed E-state index contributed by atoms with van der Waals surface area (Å²) in [5, 5.41) is 6.45. The molecule has 5 heteroatoms. The molecule has 2 rings (SSSR count). The second kappa shape index (κ2) is 9.13. The number of ketones is 2. The number of carbonyl (C=O) groups is 2. The molecule has 0 amide bonds. The van der Waals surface area contributed by atoms with Crippen molar-refractivity contribution >= 4 is 11.6 Å². The van der Waals surface area contributed by atoms with E-state index >= 15 is 0 Å². The summed E-state index contributed by atoms with van der Waals surface area (Å²) in [5.41, 5.74) is 3.09. The Hall–Kier alpha value is -2.10. The van der Waals surface area contributed by atoms with Crippen molar-refractivity contribution in [2.24, 2.45) is 0 Å². The first-order valence-corrected chi connectivity index (χ1v) is 7.27. The molecular formula is C18H20CuN2O2. The predicted octanol–water partition coefficient (Wildman–Crippen LogP) is 2.10. The van der Waals surface area contributed by atoms with Gasteiger partial charge in [-0.1, -0.05) is 24.3 Å². The van der Waals surface area contributed by atoms with Crippen molar-refractivity contribution in [3.8, 4) is 0 Å². The van der Waals surface area contributed by atoms with Crippen LogP contribution >= 0.6 is 0 Å². The Morgan fingerprint density at radius 3 is 1.43 bits per heavy atom. The third kappa shape index (κ3) is 5.23. The number of carbonyl (C=O) groups excluding carboxylic acids is 2. The molecule has 1 radical (unpaired) electrons. The number of rotatable bonds is 5. The third-order valence-corrected chi connectivity index (χ3v) is 3.49. The smallest absolute Gasteiger partial charge is 0.187 e. The van der Waals surface area contributed by atoms with Crippen LogP contribution in [0.5, 0.6) is 0 Å². The number of nitrogens with one attached hydrogen (secondary N) is 2. The van der Waals surface area contributed by atoms with E-state index in [0.717, 1.165) is 11.4 Å². The molecule has 23 heavy (non-hydrogen) atoms. The summed E-state index contributed by atoms with van der Waals surface area (Å²) in [6.45, 7) is 5.11. The molecule has 0 saturated carbocycles. The Morgan fingerprint density at radius 1 is 0.739 bits per heavy atom. The van der Waals surface area contributed by atoms with Gasteiger partial charge in [0, 0.05) is 52.7 Å². The van der Waals surface area contributed by atoms with E-state index in [-0.39, 0.29) is 28.6 Å².